The monoisotopic (exact) mass is 479 g/mol. The number of para-hydroxylation sites is 1. The summed E-state index contributed by atoms with van der Waals surface area (Å²) in [5.41, 5.74) is 5.85. The van der Waals surface area contributed by atoms with Crippen LogP contribution in [0.15, 0.2) is 72.8 Å². The SMILES string of the molecule is CCOC(=O)c1ccc(N2C(=O)C3Cc4c([nH]c5ccccc45)C(c4ccccc4C)N3C2=O)cc1. The average molecular weight is 480 g/mol. The van der Waals surface area contributed by atoms with E-state index in [9.17, 15) is 14.4 Å². The zero-order valence-electron chi connectivity index (χ0n) is 20.0. The smallest absolute Gasteiger partial charge is 0.338 e. The molecular weight excluding hydrogens is 454 g/mol. The zero-order chi connectivity index (χ0) is 25.0. The summed E-state index contributed by atoms with van der Waals surface area (Å²) in [6, 6.07) is 21.0. The summed E-state index contributed by atoms with van der Waals surface area (Å²) in [7, 11) is 0. The van der Waals surface area contributed by atoms with Crippen molar-refractivity contribution in [2.75, 3.05) is 11.5 Å². The number of carbonyl (C=O) groups excluding carboxylic acids is 3. The quantitative estimate of drug-likeness (QED) is 0.325. The lowest BCUT2D eigenvalue weighted by molar-refractivity contribution is -0.120. The number of hydrogen-bond donors (Lipinski definition) is 1. The van der Waals surface area contributed by atoms with Gasteiger partial charge in [-0.25, -0.2) is 14.5 Å². The first-order valence-corrected chi connectivity index (χ1v) is 12.1. The van der Waals surface area contributed by atoms with E-state index in [0.29, 0.717) is 17.7 Å². The molecule has 1 N–H and O–H groups in total. The number of amides is 3. The van der Waals surface area contributed by atoms with E-state index in [0.717, 1.165) is 33.3 Å². The lowest BCUT2D eigenvalue weighted by atomic mass is 9.87. The number of benzene rings is 3. The van der Waals surface area contributed by atoms with Crippen LogP contribution in [0.1, 0.15) is 45.7 Å². The zero-order valence-corrected chi connectivity index (χ0v) is 20.0. The van der Waals surface area contributed by atoms with E-state index in [-0.39, 0.29) is 18.5 Å². The number of aryl methyl sites for hydroxylation is 1. The van der Waals surface area contributed by atoms with Crippen LogP contribution < -0.4 is 4.90 Å². The molecule has 0 spiro atoms. The van der Waals surface area contributed by atoms with E-state index in [2.05, 4.69) is 11.1 Å². The number of aromatic nitrogens is 1. The molecule has 3 heterocycles. The highest BCUT2D eigenvalue weighted by Gasteiger charge is 2.53. The van der Waals surface area contributed by atoms with Gasteiger partial charge in [-0.1, -0.05) is 42.5 Å². The van der Waals surface area contributed by atoms with Gasteiger partial charge in [0.1, 0.15) is 12.1 Å². The van der Waals surface area contributed by atoms with Gasteiger partial charge < -0.3 is 9.72 Å². The Hall–Kier alpha value is -4.39. The minimum Gasteiger partial charge on any atom is -0.462 e. The average Bonchev–Trinajstić information content (AvgIpc) is 3.38. The van der Waals surface area contributed by atoms with Gasteiger partial charge in [0.05, 0.1) is 17.9 Å². The maximum atomic E-state index is 13.9. The molecular formula is C29H25N3O4. The number of rotatable bonds is 4. The number of urea groups is 1. The molecule has 1 fully saturated rings. The largest absolute Gasteiger partial charge is 0.462 e. The molecule has 6 rings (SSSR count). The van der Waals surface area contributed by atoms with E-state index in [1.165, 1.54) is 4.90 Å². The molecule has 180 valence electrons. The molecule has 0 saturated carbocycles. The van der Waals surface area contributed by atoms with Crippen LogP contribution in [0.5, 0.6) is 0 Å². The summed E-state index contributed by atoms with van der Waals surface area (Å²) in [5, 5.41) is 1.07. The Labute approximate surface area is 208 Å². The molecule has 3 aromatic carbocycles. The van der Waals surface area contributed by atoms with Gasteiger partial charge in [0, 0.05) is 23.0 Å². The van der Waals surface area contributed by atoms with Gasteiger partial charge in [0.2, 0.25) is 0 Å². The Morgan fingerprint density at radius 3 is 2.47 bits per heavy atom. The van der Waals surface area contributed by atoms with Crippen LogP contribution in [0.2, 0.25) is 0 Å². The van der Waals surface area contributed by atoms with Crippen molar-refractivity contribution in [3.63, 3.8) is 0 Å². The maximum Gasteiger partial charge on any atom is 0.338 e. The molecule has 3 amide bonds. The minimum absolute atomic E-state index is 0.265. The van der Waals surface area contributed by atoms with Gasteiger partial charge >= 0.3 is 12.0 Å². The second-order valence-corrected chi connectivity index (χ2v) is 9.17. The molecule has 4 aromatic rings. The number of aromatic amines is 1. The first-order chi connectivity index (χ1) is 17.5. The topological polar surface area (TPSA) is 82.7 Å². The molecule has 7 nitrogen and oxygen atoms in total. The van der Waals surface area contributed by atoms with Crippen molar-refractivity contribution < 1.29 is 19.1 Å². The lowest BCUT2D eigenvalue weighted by Gasteiger charge is -2.36. The number of imide groups is 1. The van der Waals surface area contributed by atoms with E-state index >= 15 is 0 Å². The number of nitrogens with zero attached hydrogens (tertiary/aromatic N) is 2. The summed E-state index contributed by atoms with van der Waals surface area (Å²) in [4.78, 5) is 46.2. The molecule has 2 aliphatic rings. The van der Waals surface area contributed by atoms with Crippen molar-refractivity contribution in [3.8, 4) is 0 Å². The summed E-state index contributed by atoms with van der Waals surface area (Å²) >= 11 is 0. The second kappa shape index (κ2) is 8.37. The molecule has 1 aromatic heterocycles. The summed E-state index contributed by atoms with van der Waals surface area (Å²) in [6.07, 6.45) is 0.434. The predicted molar refractivity (Wildman–Crippen MR) is 136 cm³/mol. The van der Waals surface area contributed by atoms with Crippen molar-refractivity contribution in [3.05, 3.63) is 101 Å². The maximum absolute atomic E-state index is 13.9. The van der Waals surface area contributed by atoms with Crippen LogP contribution in [0.25, 0.3) is 10.9 Å². The van der Waals surface area contributed by atoms with Crippen molar-refractivity contribution in [1.29, 1.82) is 0 Å². The fourth-order valence-corrected chi connectivity index (χ4v) is 5.49. The fourth-order valence-electron chi connectivity index (χ4n) is 5.49. The van der Waals surface area contributed by atoms with Crippen molar-refractivity contribution >= 4 is 34.5 Å². The lowest BCUT2D eigenvalue weighted by Crippen LogP contribution is -2.44. The highest BCUT2D eigenvalue weighted by atomic mass is 16.5. The minimum atomic E-state index is -0.626. The number of anilines is 1. The molecule has 7 heteroatoms. The van der Waals surface area contributed by atoms with E-state index in [4.69, 9.17) is 4.74 Å². The number of H-pyrrole nitrogens is 1. The first kappa shape index (κ1) is 22.1. The van der Waals surface area contributed by atoms with Crippen molar-refractivity contribution in [2.45, 2.75) is 32.4 Å². The molecule has 0 radical (unpaired) electrons. The van der Waals surface area contributed by atoms with Crippen molar-refractivity contribution in [2.24, 2.45) is 0 Å². The van der Waals surface area contributed by atoms with Gasteiger partial charge in [-0.3, -0.25) is 9.69 Å². The first-order valence-electron chi connectivity index (χ1n) is 12.1. The molecule has 0 aliphatic carbocycles. The molecule has 2 unspecified atom stereocenters. The number of esters is 1. The Morgan fingerprint density at radius 2 is 1.72 bits per heavy atom. The molecule has 0 bridgehead atoms. The van der Waals surface area contributed by atoms with E-state index in [1.807, 2.05) is 49.4 Å². The summed E-state index contributed by atoms with van der Waals surface area (Å²) in [5.74, 6) is -0.705. The molecule has 2 atom stereocenters. The fraction of sp³-hybridized carbons (Fsp3) is 0.207. The van der Waals surface area contributed by atoms with Crippen LogP contribution in [-0.4, -0.2) is 40.4 Å². The molecule has 36 heavy (non-hydrogen) atoms. The number of carbonyl (C=O) groups is 3. The highest BCUT2D eigenvalue weighted by Crippen LogP contribution is 2.45. The highest BCUT2D eigenvalue weighted by molar-refractivity contribution is 6.22. The van der Waals surface area contributed by atoms with Crippen LogP contribution in [-0.2, 0) is 16.0 Å². The van der Waals surface area contributed by atoms with Crippen LogP contribution >= 0.6 is 0 Å². The summed E-state index contributed by atoms with van der Waals surface area (Å²) < 4.78 is 5.05. The van der Waals surface area contributed by atoms with Crippen LogP contribution in [0.3, 0.4) is 0 Å². The second-order valence-electron chi connectivity index (χ2n) is 9.17. The van der Waals surface area contributed by atoms with Gasteiger partial charge in [0.15, 0.2) is 0 Å². The summed E-state index contributed by atoms with van der Waals surface area (Å²) in [6.45, 7) is 4.04. The van der Waals surface area contributed by atoms with Crippen LogP contribution in [0, 0.1) is 6.92 Å². The third-order valence-electron chi connectivity index (χ3n) is 7.17. The Morgan fingerprint density at radius 1 is 1.00 bits per heavy atom. The third kappa shape index (κ3) is 3.23. The van der Waals surface area contributed by atoms with E-state index in [1.54, 1.807) is 36.1 Å². The predicted octanol–water partition coefficient (Wildman–Crippen LogP) is 5.14. The standard InChI is InChI=1S/C29H25N3O4/c1-3-36-28(34)18-12-14-19(15-13-18)31-27(33)24-16-22-21-10-6-7-11-23(21)30-25(22)26(32(24)29(31)35)20-9-5-4-8-17(20)2/h4-15,24,26,30H,3,16H2,1-2H3. The Bertz CT molecular complexity index is 1520. The number of fused-ring (bicyclic) bond motifs is 4. The third-order valence-corrected chi connectivity index (χ3v) is 7.17. The van der Waals surface area contributed by atoms with Crippen LogP contribution in [0.4, 0.5) is 10.5 Å². The molecule has 1 saturated heterocycles. The van der Waals surface area contributed by atoms with E-state index < -0.39 is 18.1 Å². The number of ether oxygens (including phenoxy) is 1. The number of hydrogen-bond acceptors (Lipinski definition) is 4. The Balaban J connectivity index is 1.46. The van der Waals surface area contributed by atoms with Gasteiger partial charge in [-0.15, -0.1) is 0 Å². The van der Waals surface area contributed by atoms with Gasteiger partial charge in [-0.2, -0.15) is 0 Å². The van der Waals surface area contributed by atoms with Gasteiger partial charge in [0.25, 0.3) is 5.91 Å². The van der Waals surface area contributed by atoms with Crippen molar-refractivity contribution in [1.82, 2.24) is 9.88 Å². The number of nitrogens with one attached hydrogen (secondary N) is 1. The van der Waals surface area contributed by atoms with Gasteiger partial charge in [-0.05, 0) is 60.9 Å². The normalized spacial score (nSPS) is 18.9. The molecule has 2 aliphatic heterocycles. The Kier molecular flexibility index (Phi) is 5.14.